The van der Waals surface area contributed by atoms with Gasteiger partial charge in [0.1, 0.15) is 5.75 Å². The van der Waals surface area contributed by atoms with Gasteiger partial charge in [0.05, 0.1) is 23.2 Å². The van der Waals surface area contributed by atoms with Gasteiger partial charge >= 0.3 is 0 Å². The van der Waals surface area contributed by atoms with E-state index in [1.807, 2.05) is 31.2 Å². The fourth-order valence-corrected chi connectivity index (χ4v) is 5.40. The standard InChI is InChI=1S/C25H25ClN2O4S/c1-3-18-9-11-19(12-10-18)17(2)27-25(29)24-16-28(22-15-20(26)13-14-23(22)32-24)33(30,31)21-7-5-4-6-8-21/h4-15,17,24H,3,16H2,1-2H3,(H,27,29)/t17-,24+/m0/s1. The Hall–Kier alpha value is -3.03. The summed E-state index contributed by atoms with van der Waals surface area (Å²) < 4.78 is 34.0. The number of hydrogen-bond acceptors (Lipinski definition) is 4. The number of nitrogens with one attached hydrogen (secondary N) is 1. The van der Waals surface area contributed by atoms with Gasteiger partial charge in [-0.15, -0.1) is 0 Å². The Labute approximate surface area is 199 Å². The summed E-state index contributed by atoms with van der Waals surface area (Å²) in [6.45, 7) is 3.80. The van der Waals surface area contributed by atoms with Crippen molar-refractivity contribution in [2.45, 2.75) is 37.3 Å². The largest absolute Gasteiger partial charge is 0.476 e. The van der Waals surface area contributed by atoms with Crippen molar-refractivity contribution in [1.29, 1.82) is 0 Å². The third-order valence-corrected chi connectivity index (χ3v) is 7.69. The van der Waals surface area contributed by atoms with Gasteiger partial charge in [-0.2, -0.15) is 0 Å². The molecule has 0 saturated carbocycles. The molecular weight excluding hydrogens is 460 g/mol. The number of hydrogen-bond donors (Lipinski definition) is 1. The number of aryl methyl sites for hydroxylation is 1. The summed E-state index contributed by atoms with van der Waals surface area (Å²) in [6.07, 6.45) is -0.0824. The molecule has 33 heavy (non-hydrogen) atoms. The predicted octanol–water partition coefficient (Wildman–Crippen LogP) is 4.74. The molecule has 1 aliphatic rings. The van der Waals surface area contributed by atoms with Crippen molar-refractivity contribution in [2.24, 2.45) is 0 Å². The average molecular weight is 485 g/mol. The Morgan fingerprint density at radius 3 is 2.48 bits per heavy atom. The van der Waals surface area contributed by atoms with Crippen LogP contribution in [0.15, 0.2) is 77.7 Å². The van der Waals surface area contributed by atoms with Gasteiger partial charge in [0.25, 0.3) is 15.9 Å². The quantitative estimate of drug-likeness (QED) is 0.548. The number of halogens is 1. The van der Waals surface area contributed by atoms with E-state index in [9.17, 15) is 13.2 Å². The van der Waals surface area contributed by atoms with E-state index in [1.54, 1.807) is 30.3 Å². The molecule has 8 heteroatoms. The molecule has 0 saturated heterocycles. The lowest BCUT2D eigenvalue weighted by molar-refractivity contribution is -0.128. The molecule has 6 nitrogen and oxygen atoms in total. The molecule has 1 N–H and O–H groups in total. The molecule has 0 aliphatic carbocycles. The Bertz CT molecular complexity index is 1250. The van der Waals surface area contributed by atoms with E-state index in [-0.39, 0.29) is 23.2 Å². The molecule has 0 fully saturated rings. The van der Waals surface area contributed by atoms with Crippen LogP contribution in [0.1, 0.15) is 31.0 Å². The monoisotopic (exact) mass is 484 g/mol. The molecule has 0 unspecified atom stereocenters. The number of anilines is 1. The molecular formula is C25H25ClN2O4S. The zero-order chi connectivity index (χ0) is 23.6. The lowest BCUT2D eigenvalue weighted by atomic mass is 10.0. The molecule has 1 amide bonds. The van der Waals surface area contributed by atoms with Gasteiger partial charge < -0.3 is 10.1 Å². The Morgan fingerprint density at radius 2 is 1.82 bits per heavy atom. The van der Waals surface area contributed by atoms with Crippen LogP contribution in [-0.4, -0.2) is 27.0 Å². The van der Waals surface area contributed by atoms with Crippen LogP contribution >= 0.6 is 11.6 Å². The normalized spacial score (nSPS) is 16.5. The van der Waals surface area contributed by atoms with Crippen LogP contribution < -0.4 is 14.4 Å². The maximum Gasteiger partial charge on any atom is 0.264 e. The zero-order valence-corrected chi connectivity index (χ0v) is 19.9. The number of sulfonamides is 1. The van der Waals surface area contributed by atoms with E-state index in [2.05, 4.69) is 12.2 Å². The molecule has 2 atom stereocenters. The van der Waals surface area contributed by atoms with Gasteiger partial charge in [0.15, 0.2) is 6.10 Å². The highest BCUT2D eigenvalue weighted by Gasteiger charge is 2.38. The lowest BCUT2D eigenvalue weighted by Crippen LogP contribution is -2.51. The van der Waals surface area contributed by atoms with Crippen LogP contribution in [0.25, 0.3) is 0 Å². The molecule has 0 aromatic heterocycles. The SMILES string of the molecule is CCc1ccc([C@H](C)NC(=O)[C@H]2CN(S(=O)(=O)c3ccccc3)c3cc(Cl)ccc3O2)cc1. The highest BCUT2D eigenvalue weighted by molar-refractivity contribution is 7.92. The van der Waals surface area contributed by atoms with E-state index in [0.29, 0.717) is 10.7 Å². The highest BCUT2D eigenvalue weighted by Crippen LogP contribution is 2.39. The zero-order valence-electron chi connectivity index (χ0n) is 18.4. The van der Waals surface area contributed by atoms with E-state index >= 15 is 0 Å². The van der Waals surface area contributed by atoms with Gasteiger partial charge in [0.2, 0.25) is 0 Å². The fraction of sp³-hybridized carbons (Fsp3) is 0.240. The number of benzene rings is 3. The number of nitrogens with zero attached hydrogens (tertiary/aromatic N) is 1. The van der Waals surface area contributed by atoms with Gasteiger partial charge in [-0.3, -0.25) is 9.10 Å². The highest BCUT2D eigenvalue weighted by atomic mass is 35.5. The minimum absolute atomic E-state index is 0.126. The summed E-state index contributed by atoms with van der Waals surface area (Å²) in [5, 5.41) is 3.32. The summed E-state index contributed by atoms with van der Waals surface area (Å²) >= 11 is 6.14. The van der Waals surface area contributed by atoms with Crippen LogP contribution in [0.3, 0.4) is 0 Å². The molecule has 0 radical (unpaired) electrons. The number of carbonyl (C=O) groups is 1. The smallest absolute Gasteiger partial charge is 0.264 e. The maximum atomic E-state index is 13.4. The molecule has 3 aromatic carbocycles. The molecule has 172 valence electrons. The number of carbonyl (C=O) groups excluding carboxylic acids is 1. The Balaban J connectivity index is 1.61. The van der Waals surface area contributed by atoms with Gasteiger partial charge in [-0.25, -0.2) is 8.42 Å². The second kappa shape index (κ2) is 9.45. The second-order valence-corrected chi connectivity index (χ2v) is 10.2. The van der Waals surface area contributed by atoms with Crippen molar-refractivity contribution in [3.8, 4) is 5.75 Å². The second-order valence-electron chi connectivity index (χ2n) is 7.89. The minimum atomic E-state index is -3.93. The number of rotatable bonds is 6. The summed E-state index contributed by atoms with van der Waals surface area (Å²) in [6, 6.07) is 20.6. The van der Waals surface area contributed by atoms with Crippen molar-refractivity contribution in [1.82, 2.24) is 5.32 Å². The summed E-state index contributed by atoms with van der Waals surface area (Å²) in [7, 11) is -3.93. The third-order valence-electron chi connectivity index (χ3n) is 5.66. The van der Waals surface area contributed by atoms with Crippen molar-refractivity contribution >= 4 is 33.2 Å². The molecule has 1 heterocycles. The number of amides is 1. The van der Waals surface area contributed by atoms with Crippen molar-refractivity contribution < 1.29 is 17.9 Å². The average Bonchev–Trinajstić information content (AvgIpc) is 2.83. The van der Waals surface area contributed by atoms with Crippen molar-refractivity contribution in [3.05, 3.63) is 88.9 Å². The lowest BCUT2D eigenvalue weighted by Gasteiger charge is -2.35. The van der Waals surface area contributed by atoms with Gasteiger partial charge in [0, 0.05) is 5.02 Å². The summed E-state index contributed by atoms with van der Waals surface area (Å²) in [5.74, 6) is -0.110. The van der Waals surface area contributed by atoms with Crippen LogP contribution in [0.4, 0.5) is 5.69 Å². The first-order valence-corrected chi connectivity index (χ1v) is 12.5. The van der Waals surface area contributed by atoms with Crippen LogP contribution in [0.5, 0.6) is 5.75 Å². The molecule has 1 aliphatic heterocycles. The van der Waals surface area contributed by atoms with Gasteiger partial charge in [-0.1, -0.05) is 61.0 Å². The Kier molecular flexibility index (Phi) is 6.63. The predicted molar refractivity (Wildman–Crippen MR) is 129 cm³/mol. The first-order chi connectivity index (χ1) is 15.8. The number of fused-ring (bicyclic) bond motifs is 1. The first kappa shape index (κ1) is 23.1. The molecule has 4 rings (SSSR count). The topological polar surface area (TPSA) is 75.7 Å². The molecule has 0 bridgehead atoms. The Morgan fingerprint density at radius 1 is 1.12 bits per heavy atom. The van der Waals surface area contributed by atoms with Crippen LogP contribution in [-0.2, 0) is 21.2 Å². The summed E-state index contributed by atoms with van der Waals surface area (Å²) in [4.78, 5) is 13.2. The summed E-state index contributed by atoms with van der Waals surface area (Å²) in [5.41, 5.74) is 2.47. The van der Waals surface area contributed by atoms with Crippen molar-refractivity contribution in [2.75, 3.05) is 10.8 Å². The van der Waals surface area contributed by atoms with E-state index in [0.717, 1.165) is 12.0 Å². The van der Waals surface area contributed by atoms with E-state index in [1.165, 1.54) is 28.1 Å². The minimum Gasteiger partial charge on any atom is -0.476 e. The van der Waals surface area contributed by atoms with E-state index in [4.69, 9.17) is 16.3 Å². The molecule has 3 aromatic rings. The maximum absolute atomic E-state index is 13.4. The fourth-order valence-electron chi connectivity index (χ4n) is 3.74. The number of ether oxygens (including phenoxy) is 1. The third kappa shape index (κ3) is 4.84. The first-order valence-electron chi connectivity index (χ1n) is 10.7. The van der Waals surface area contributed by atoms with Gasteiger partial charge in [-0.05, 0) is 54.8 Å². The van der Waals surface area contributed by atoms with E-state index < -0.39 is 22.0 Å². The van der Waals surface area contributed by atoms with Crippen molar-refractivity contribution in [3.63, 3.8) is 0 Å². The van der Waals surface area contributed by atoms with Crippen LogP contribution in [0, 0.1) is 0 Å². The van der Waals surface area contributed by atoms with Crippen LogP contribution in [0.2, 0.25) is 5.02 Å². The molecule has 0 spiro atoms.